The molecular formula is C21H20FN3O3. The van der Waals surface area contributed by atoms with Crippen LogP contribution in [0.3, 0.4) is 0 Å². The van der Waals surface area contributed by atoms with Crippen LogP contribution in [-0.2, 0) is 4.74 Å². The minimum absolute atomic E-state index is 0.0234. The molecule has 3 heterocycles. The molecule has 0 radical (unpaired) electrons. The van der Waals surface area contributed by atoms with Crippen LogP contribution >= 0.6 is 0 Å². The van der Waals surface area contributed by atoms with Crippen LogP contribution in [0.5, 0.6) is 5.88 Å². The first-order chi connectivity index (χ1) is 13.7. The zero-order valence-corrected chi connectivity index (χ0v) is 15.2. The van der Waals surface area contributed by atoms with Crippen LogP contribution in [0.1, 0.15) is 23.3 Å². The summed E-state index contributed by atoms with van der Waals surface area (Å²) in [5, 5.41) is 4.50. The van der Waals surface area contributed by atoms with Gasteiger partial charge in [-0.1, -0.05) is 6.07 Å². The van der Waals surface area contributed by atoms with Crippen molar-refractivity contribution in [3.8, 4) is 5.88 Å². The maximum atomic E-state index is 13.2. The van der Waals surface area contributed by atoms with Crippen LogP contribution in [0, 0.1) is 11.9 Å². The van der Waals surface area contributed by atoms with E-state index in [0.717, 1.165) is 36.8 Å². The third kappa shape index (κ3) is 4.26. The summed E-state index contributed by atoms with van der Waals surface area (Å²) in [5.41, 5.74) is 0.612. The zero-order valence-electron chi connectivity index (χ0n) is 15.2. The molecule has 0 saturated carbocycles. The van der Waals surface area contributed by atoms with Gasteiger partial charge in [-0.2, -0.15) is 4.39 Å². The summed E-state index contributed by atoms with van der Waals surface area (Å²) in [6, 6.07) is 11.4. The number of hydrogen-bond acceptors (Lipinski definition) is 5. The molecule has 1 amide bonds. The number of hydrogen-bond donors (Lipinski definition) is 1. The largest absolute Gasteiger partial charge is 0.477 e. The lowest BCUT2D eigenvalue weighted by Crippen LogP contribution is -2.21. The maximum Gasteiger partial charge on any atom is 0.274 e. The van der Waals surface area contributed by atoms with Gasteiger partial charge < -0.3 is 14.8 Å². The summed E-state index contributed by atoms with van der Waals surface area (Å²) in [4.78, 5) is 20.2. The highest BCUT2D eigenvalue weighted by atomic mass is 19.1. The molecule has 3 aromatic rings. The highest BCUT2D eigenvalue weighted by Crippen LogP contribution is 2.27. The standard InChI is InChI=1S/C21H20FN3O3/c22-19-3-1-2-18(25-19)20(26)24-16-4-5-17-15(12-16)6-9-23-21(17)28-13-14-7-10-27-11-8-14/h1-6,9,12,14H,7-8,10-11,13H2,(H,24,26). The fourth-order valence-corrected chi connectivity index (χ4v) is 3.18. The topological polar surface area (TPSA) is 73.3 Å². The molecule has 1 aromatic carbocycles. The van der Waals surface area contributed by atoms with Crippen molar-refractivity contribution in [3.05, 3.63) is 60.3 Å². The second-order valence-electron chi connectivity index (χ2n) is 6.72. The summed E-state index contributed by atoms with van der Waals surface area (Å²) in [7, 11) is 0. The molecule has 0 aliphatic carbocycles. The minimum atomic E-state index is -0.691. The molecule has 1 aliphatic heterocycles. The first kappa shape index (κ1) is 18.3. The van der Waals surface area contributed by atoms with E-state index in [-0.39, 0.29) is 5.69 Å². The van der Waals surface area contributed by atoms with Crippen LogP contribution in [0.15, 0.2) is 48.7 Å². The molecule has 28 heavy (non-hydrogen) atoms. The summed E-state index contributed by atoms with van der Waals surface area (Å²) in [6.45, 7) is 2.17. The zero-order chi connectivity index (χ0) is 19.3. The van der Waals surface area contributed by atoms with E-state index >= 15 is 0 Å². The van der Waals surface area contributed by atoms with Gasteiger partial charge >= 0.3 is 0 Å². The van der Waals surface area contributed by atoms with E-state index in [4.69, 9.17) is 9.47 Å². The van der Waals surface area contributed by atoms with Crippen molar-refractivity contribution in [3.63, 3.8) is 0 Å². The van der Waals surface area contributed by atoms with Gasteiger partial charge in [0.25, 0.3) is 5.91 Å². The number of anilines is 1. The summed E-state index contributed by atoms with van der Waals surface area (Å²) in [6.07, 6.45) is 3.67. The van der Waals surface area contributed by atoms with Crippen molar-refractivity contribution in [1.82, 2.24) is 9.97 Å². The van der Waals surface area contributed by atoms with Gasteiger partial charge in [-0.05, 0) is 60.5 Å². The van der Waals surface area contributed by atoms with Crippen molar-refractivity contribution in [2.45, 2.75) is 12.8 Å². The summed E-state index contributed by atoms with van der Waals surface area (Å²) >= 11 is 0. The highest BCUT2D eigenvalue weighted by molar-refractivity contribution is 6.04. The lowest BCUT2D eigenvalue weighted by atomic mass is 10.0. The Morgan fingerprint density at radius 3 is 2.89 bits per heavy atom. The molecule has 1 fully saturated rings. The van der Waals surface area contributed by atoms with Crippen LogP contribution in [0.4, 0.5) is 10.1 Å². The third-order valence-electron chi connectivity index (χ3n) is 4.73. The molecule has 0 bridgehead atoms. The number of halogens is 1. The van der Waals surface area contributed by atoms with Crippen molar-refractivity contribution >= 4 is 22.4 Å². The number of benzene rings is 1. The number of aromatic nitrogens is 2. The monoisotopic (exact) mass is 381 g/mol. The number of nitrogens with zero attached hydrogens (tertiary/aromatic N) is 2. The Morgan fingerprint density at radius 2 is 2.07 bits per heavy atom. The molecule has 144 valence electrons. The van der Waals surface area contributed by atoms with Gasteiger partial charge in [-0.25, -0.2) is 9.97 Å². The fraction of sp³-hybridized carbons (Fsp3) is 0.286. The first-order valence-corrected chi connectivity index (χ1v) is 9.22. The van der Waals surface area contributed by atoms with E-state index in [9.17, 15) is 9.18 Å². The van der Waals surface area contributed by atoms with Gasteiger partial charge in [-0.3, -0.25) is 4.79 Å². The molecule has 6 nitrogen and oxygen atoms in total. The quantitative estimate of drug-likeness (QED) is 0.680. The molecule has 0 atom stereocenters. The van der Waals surface area contributed by atoms with Gasteiger partial charge in [0, 0.05) is 30.5 Å². The van der Waals surface area contributed by atoms with Crippen LogP contribution in [-0.4, -0.2) is 35.7 Å². The Balaban J connectivity index is 1.49. The molecule has 4 rings (SSSR count). The Kier molecular flexibility index (Phi) is 5.43. The van der Waals surface area contributed by atoms with Gasteiger partial charge in [0.05, 0.1) is 6.61 Å². The number of fused-ring (bicyclic) bond motifs is 1. The fourth-order valence-electron chi connectivity index (χ4n) is 3.18. The Bertz CT molecular complexity index is 990. The molecular weight excluding hydrogens is 361 g/mol. The lowest BCUT2D eigenvalue weighted by molar-refractivity contribution is 0.0493. The smallest absolute Gasteiger partial charge is 0.274 e. The normalized spacial score (nSPS) is 14.8. The number of pyridine rings is 2. The number of carbonyl (C=O) groups excluding carboxylic acids is 1. The lowest BCUT2D eigenvalue weighted by Gasteiger charge is -2.22. The summed E-state index contributed by atoms with van der Waals surface area (Å²) in [5.74, 6) is -0.107. The summed E-state index contributed by atoms with van der Waals surface area (Å²) < 4.78 is 24.5. The maximum absolute atomic E-state index is 13.2. The van der Waals surface area contributed by atoms with Gasteiger partial charge in [-0.15, -0.1) is 0 Å². The average molecular weight is 381 g/mol. The average Bonchev–Trinajstić information content (AvgIpc) is 2.72. The number of carbonyl (C=O) groups is 1. The van der Waals surface area contributed by atoms with Gasteiger partial charge in [0.1, 0.15) is 5.69 Å². The molecule has 2 aromatic heterocycles. The minimum Gasteiger partial charge on any atom is -0.477 e. The Morgan fingerprint density at radius 1 is 1.21 bits per heavy atom. The second kappa shape index (κ2) is 8.31. The van der Waals surface area contributed by atoms with E-state index in [1.165, 1.54) is 18.2 Å². The van der Waals surface area contributed by atoms with E-state index in [1.807, 2.05) is 18.2 Å². The van der Waals surface area contributed by atoms with E-state index in [1.54, 1.807) is 12.3 Å². The van der Waals surface area contributed by atoms with Crippen molar-refractivity contribution in [1.29, 1.82) is 0 Å². The number of ether oxygens (including phenoxy) is 2. The van der Waals surface area contributed by atoms with Gasteiger partial charge in [0.15, 0.2) is 0 Å². The number of amides is 1. The molecule has 1 saturated heterocycles. The highest BCUT2D eigenvalue weighted by Gasteiger charge is 2.16. The predicted octanol–water partition coefficient (Wildman–Crippen LogP) is 3.83. The number of rotatable bonds is 5. The first-order valence-electron chi connectivity index (χ1n) is 9.22. The molecule has 7 heteroatoms. The van der Waals surface area contributed by atoms with Crippen LogP contribution in [0.2, 0.25) is 0 Å². The van der Waals surface area contributed by atoms with Crippen molar-refractivity contribution in [2.75, 3.05) is 25.1 Å². The number of nitrogens with one attached hydrogen (secondary N) is 1. The van der Waals surface area contributed by atoms with Crippen LogP contribution < -0.4 is 10.1 Å². The molecule has 0 spiro atoms. The second-order valence-corrected chi connectivity index (χ2v) is 6.72. The Hall–Kier alpha value is -3.06. The van der Waals surface area contributed by atoms with Crippen LogP contribution in [0.25, 0.3) is 10.8 Å². The Labute approximate surface area is 161 Å². The molecule has 1 N–H and O–H groups in total. The SMILES string of the molecule is O=C(Nc1ccc2c(OCC3CCOCC3)nccc2c1)c1cccc(F)n1. The predicted molar refractivity (Wildman–Crippen MR) is 103 cm³/mol. The molecule has 1 aliphatic rings. The third-order valence-corrected chi connectivity index (χ3v) is 4.73. The van der Waals surface area contributed by atoms with E-state index in [0.29, 0.717) is 24.1 Å². The van der Waals surface area contributed by atoms with Crippen molar-refractivity contribution < 1.29 is 18.7 Å². The van der Waals surface area contributed by atoms with E-state index < -0.39 is 11.9 Å². The van der Waals surface area contributed by atoms with Gasteiger partial charge in [0.2, 0.25) is 11.8 Å². The van der Waals surface area contributed by atoms with Crippen molar-refractivity contribution in [2.24, 2.45) is 5.92 Å². The molecule has 0 unspecified atom stereocenters. The van der Waals surface area contributed by atoms with E-state index in [2.05, 4.69) is 15.3 Å².